The first kappa shape index (κ1) is 13.1. The lowest BCUT2D eigenvalue weighted by atomic mass is 10.0. The van der Waals surface area contributed by atoms with Crippen molar-refractivity contribution < 1.29 is 17.6 Å². The molecule has 3 N–H and O–H groups in total. The van der Waals surface area contributed by atoms with E-state index in [1.165, 1.54) is 6.26 Å². The van der Waals surface area contributed by atoms with Crippen LogP contribution < -0.4 is 11.3 Å². The number of nitrogens with two attached hydrogens (primary N) is 1. The van der Waals surface area contributed by atoms with Gasteiger partial charge in [0.15, 0.2) is 0 Å². The first-order valence-electron chi connectivity index (χ1n) is 5.00. The topological polar surface area (TPSA) is 51.2 Å². The quantitative estimate of drug-likeness (QED) is 0.610. The summed E-state index contributed by atoms with van der Waals surface area (Å²) < 4.78 is 40.9. The summed E-state index contributed by atoms with van der Waals surface area (Å²) >= 11 is 0. The van der Waals surface area contributed by atoms with Crippen LogP contribution in [0.4, 0.5) is 13.2 Å². The molecule has 1 rings (SSSR count). The highest BCUT2D eigenvalue weighted by Gasteiger charge is 2.26. The molecule has 0 spiro atoms. The number of hydrogen-bond donors (Lipinski definition) is 2. The summed E-state index contributed by atoms with van der Waals surface area (Å²) in [6.45, 7) is 1.77. The highest BCUT2D eigenvalue weighted by molar-refractivity contribution is 5.15. The molecule has 0 aliphatic heterocycles. The van der Waals surface area contributed by atoms with Gasteiger partial charge in [-0.2, -0.15) is 13.2 Å². The van der Waals surface area contributed by atoms with Crippen LogP contribution in [0.2, 0.25) is 0 Å². The van der Waals surface area contributed by atoms with Gasteiger partial charge in [0.05, 0.1) is 6.26 Å². The van der Waals surface area contributed by atoms with Crippen LogP contribution >= 0.6 is 0 Å². The fourth-order valence-electron chi connectivity index (χ4n) is 1.50. The zero-order valence-corrected chi connectivity index (χ0v) is 8.97. The van der Waals surface area contributed by atoms with Crippen molar-refractivity contribution in [2.24, 2.45) is 5.84 Å². The van der Waals surface area contributed by atoms with Crippen LogP contribution in [-0.2, 0) is 0 Å². The Morgan fingerprint density at radius 2 is 2.19 bits per heavy atom. The van der Waals surface area contributed by atoms with Gasteiger partial charge in [0.25, 0.3) is 0 Å². The molecule has 1 aromatic rings. The molecule has 3 nitrogen and oxygen atoms in total. The van der Waals surface area contributed by atoms with Crippen LogP contribution in [-0.4, -0.2) is 6.18 Å². The third kappa shape index (κ3) is 4.24. The van der Waals surface area contributed by atoms with Crippen molar-refractivity contribution in [1.82, 2.24) is 5.43 Å². The molecule has 1 atom stereocenters. The van der Waals surface area contributed by atoms with E-state index in [4.69, 9.17) is 10.3 Å². The molecule has 0 saturated heterocycles. The molecule has 0 amide bonds. The molecule has 1 unspecified atom stereocenters. The zero-order valence-electron chi connectivity index (χ0n) is 8.97. The second-order valence-corrected chi connectivity index (χ2v) is 3.72. The molecule has 6 heteroatoms. The average Bonchev–Trinajstić information content (AvgIpc) is 2.58. The molecule has 0 radical (unpaired) electrons. The Bertz CT molecular complexity index is 322. The van der Waals surface area contributed by atoms with Gasteiger partial charge in [0.1, 0.15) is 5.76 Å². The summed E-state index contributed by atoms with van der Waals surface area (Å²) in [6, 6.07) is 1.47. The predicted octanol–water partition coefficient (Wildman–Crippen LogP) is 2.83. The lowest BCUT2D eigenvalue weighted by molar-refractivity contribution is -0.135. The molecular formula is C10H15F3N2O. The van der Waals surface area contributed by atoms with Gasteiger partial charge in [-0.25, -0.2) is 0 Å². The number of alkyl halides is 3. The van der Waals surface area contributed by atoms with Crippen molar-refractivity contribution in [3.8, 4) is 0 Å². The summed E-state index contributed by atoms with van der Waals surface area (Å²) in [5.41, 5.74) is 3.27. The smallest absolute Gasteiger partial charge is 0.389 e. The van der Waals surface area contributed by atoms with Gasteiger partial charge in [-0.05, 0) is 25.8 Å². The van der Waals surface area contributed by atoms with E-state index in [0.717, 1.165) is 5.56 Å². The minimum atomic E-state index is -4.11. The third-order valence-corrected chi connectivity index (χ3v) is 2.31. The standard InChI is InChI=1S/C10H15F3N2O/c1-7-5-8(6-16-7)9(15-14)3-2-4-10(11,12)13/h5-6,9,15H,2-4,14H2,1H3. The van der Waals surface area contributed by atoms with E-state index in [2.05, 4.69) is 5.43 Å². The molecule has 0 bridgehead atoms. The first-order chi connectivity index (χ1) is 7.42. The normalized spacial score (nSPS) is 14.1. The van der Waals surface area contributed by atoms with Crippen molar-refractivity contribution in [3.05, 3.63) is 23.7 Å². The van der Waals surface area contributed by atoms with Crippen LogP contribution in [0.1, 0.15) is 36.6 Å². The fourth-order valence-corrected chi connectivity index (χ4v) is 1.50. The van der Waals surface area contributed by atoms with E-state index in [9.17, 15) is 13.2 Å². The van der Waals surface area contributed by atoms with Crippen LogP contribution in [0.5, 0.6) is 0 Å². The molecular weight excluding hydrogens is 221 g/mol. The molecule has 92 valence electrons. The largest absolute Gasteiger partial charge is 0.469 e. The molecule has 0 aliphatic rings. The maximum absolute atomic E-state index is 11.9. The lowest BCUT2D eigenvalue weighted by Gasteiger charge is -2.14. The Balaban J connectivity index is 2.44. The molecule has 1 heterocycles. The van der Waals surface area contributed by atoms with Crippen LogP contribution in [0.3, 0.4) is 0 Å². The van der Waals surface area contributed by atoms with Crippen molar-refractivity contribution in [2.75, 3.05) is 0 Å². The van der Waals surface area contributed by atoms with Crippen molar-refractivity contribution in [1.29, 1.82) is 0 Å². The van der Waals surface area contributed by atoms with Gasteiger partial charge in [0.2, 0.25) is 0 Å². The van der Waals surface area contributed by atoms with Gasteiger partial charge >= 0.3 is 6.18 Å². The van der Waals surface area contributed by atoms with Gasteiger partial charge < -0.3 is 4.42 Å². The van der Waals surface area contributed by atoms with Crippen LogP contribution in [0.15, 0.2) is 16.7 Å². The summed E-state index contributed by atoms with van der Waals surface area (Å²) in [4.78, 5) is 0. The highest BCUT2D eigenvalue weighted by atomic mass is 19.4. The van der Waals surface area contributed by atoms with E-state index in [1.54, 1.807) is 13.0 Å². The number of nitrogens with one attached hydrogen (secondary N) is 1. The Morgan fingerprint density at radius 1 is 1.50 bits per heavy atom. The first-order valence-corrected chi connectivity index (χ1v) is 5.00. The number of rotatable bonds is 5. The molecule has 1 aromatic heterocycles. The molecule has 0 aromatic carbocycles. The van der Waals surface area contributed by atoms with E-state index in [1.807, 2.05) is 0 Å². The summed E-state index contributed by atoms with van der Waals surface area (Å²) in [5.74, 6) is 6.00. The Kier molecular flexibility index (Phi) is 4.37. The van der Waals surface area contributed by atoms with Gasteiger partial charge in [-0.3, -0.25) is 11.3 Å². The number of hydrogen-bond acceptors (Lipinski definition) is 3. The Morgan fingerprint density at radius 3 is 2.62 bits per heavy atom. The zero-order chi connectivity index (χ0) is 12.2. The Hall–Kier alpha value is -1.01. The molecule has 0 fully saturated rings. The van der Waals surface area contributed by atoms with E-state index < -0.39 is 12.6 Å². The Labute approximate surface area is 91.8 Å². The maximum Gasteiger partial charge on any atom is 0.389 e. The second-order valence-electron chi connectivity index (χ2n) is 3.72. The minimum absolute atomic E-state index is 0.0442. The van der Waals surface area contributed by atoms with Crippen molar-refractivity contribution in [2.45, 2.75) is 38.4 Å². The maximum atomic E-state index is 11.9. The molecule has 0 saturated carbocycles. The number of hydrazine groups is 1. The predicted molar refractivity (Wildman–Crippen MR) is 53.4 cm³/mol. The SMILES string of the molecule is Cc1cc(C(CCCC(F)(F)F)NN)co1. The summed E-state index contributed by atoms with van der Waals surface area (Å²) in [5, 5.41) is 0. The van der Waals surface area contributed by atoms with Gasteiger partial charge in [-0.1, -0.05) is 0 Å². The van der Waals surface area contributed by atoms with E-state index in [0.29, 0.717) is 12.2 Å². The fraction of sp³-hybridized carbons (Fsp3) is 0.600. The highest BCUT2D eigenvalue weighted by Crippen LogP contribution is 2.26. The van der Waals surface area contributed by atoms with Gasteiger partial charge in [0, 0.05) is 18.0 Å². The third-order valence-electron chi connectivity index (χ3n) is 2.31. The molecule has 0 aliphatic carbocycles. The van der Waals surface area contributed by atoms with Crippen LogP contribution in [0.25, 0.3) is 0 Å². The number of halogens is 3. The van der Waals surface area contributed by atoms with E-state index in [-0.39, 0.29) is 12.5 Å². The summed E-state index contributed by atoms with van der Waals surface area (Å²) in [6.07, 6.45) is -3.02. The summed E-state index contributed by atoms with van der Waals surface area (Å²) in [7, 11) is 0. The lowest BCUT2D eigenvalue weighted by Crippen LogP contribution is -2.28. The van der Waals surface area contributed by atoms with Crippen LogP contribution in [0, 0.1) is 6.92 Å². The number of aryl methyl sites for hydroxylation is 1. The van der Waals surface area contributed by atoms with Crippen molar-refractivity contribution in [3.63, 3.8) is 0 Å². The average molecular weight is 236 g/mol. The number of furan rings is 1. The van der Waals surface area contributed by atoms with Crippen molar-refractivity contribution >= 4 is 0 Å². The molecule has 16 heavy (non-hydrogen) atoms. The van der Waals surface area contributed by atoms with Gasteiger partial charge in [-0.15, -0.1) is 0 Å². The van der Waals surface area contributed by atoms with E-state index >= 15 is 0 Å². The minimum Gasteiger partial charge on any atom is -0.469 e. The monoisotopic (exact) mass is 236 g/mol. The second kappa shape index (κ2) is 5.36.